The van der Waals surface area contributed by atoms with Gasteiger partial charge in [-0.25, -0.2) is 9.97 Å². The van der Waals surface area contributed by atoms with Crippen molar-refractivity contribution in [3.8, 4) is 0 Å². The summed E-state index contributed by atoms with van der Waals surface area (Å²) < 4.78 is 0. The van der Waals surface area contributed by atoms with Gasteiger partial charge < -0.3 is 10.6 Å². The van der Waals surface area contributed by atoms with Crippen LogP contribution < -0.4 is 10.6 Å². The van der Waals surface area contributed by atoms with Crippen molar-refractivity contribution in [3.63, 3.8) is 0 Å². The fourth-order valence-corrected chi connectivity index (χ4v) is 2.17. The van der Waals surface area contributed by atoms with Crippen LogP contribution in [0.4, 0.5) is 5.82 Å². The summed E-state index contributed by atoms with van der Waals surface area (Å²) in [7, 11) is 0. The molecule has 0 radical (unpaired) electrons. The highest BCUT2D eigenvalue weighted by Gasteiger charge is 2.26. The van der Waals surface area contributed by atoms with Crippen molar-refractivity contribution in [2.45, 2.75) is 37.6 Å². The summed E-state index contributed by atoms with van der Waals surface area (Å²) >= 11 is 0. The number of hydrogen-bond acceptors (Lipinski definition) is 4. The Kier molecular flexibility index (Phi) is 2.74. The summed E-state index contributed by atoms with van der Waals surface area (Å²) in [6.45, 7) is 2.22. The largest absolute Gasteiger partial charge is 0.367 e. The number of nitrogens with zero attached hydrogens (tertiary/aromatic N) is 2. The van der Waals surface area contributed by atoms with Crippen LogP contribution in [0.3, 0.4) is 0 Å². The smallest absolute Gasteiger partial charge is 0.133 e. The molecule has 1 aliphatic heterocycles. The molecule has 3 rings (SSSR count). The molecule has 0 atom stereocenters. The molecule has 2 fully saturated rings. The van der Waals surface area contributed by atoms with Gasteiger partial charge in [0.25, 0.3) is 0 Å². The normalized spacial score (nSPS) is 22.0. The van der Waals surface area contributed by atoms with Crippen LogP contribution in [0.15, 0.2) is 12.3 Å². The van der Waals surface area contributed by atoms with Gasteiger partial charge in [-0.05, 0) is 44.8 Å². The van der Waals surface area contributed by atoms with Crippen LogP contribution in [0.2, 0.25) is 0 Å². The van der Waals surface area contributed by atoms with Crippen LogP contribution in [-0.4, -0.2) is 29.1 Å². The van der Waals surface area contributed by atoms with E-state index in [1.165, 1.54) is 25.7 Å². The van der Waals surface area contributed by atoms with Crippen LogP contribution >= 0.6 is 0 Å². The predicted octanol–water partition coefficient (Wildman–Crippen LogP) is 1.52. The van der Waals surface area contributed by atoms with Crippen LogP contribution in [0.5, 0.6) is 0 Å². The van der Waals surface area contributed by atoms with Gasteiger partial charge in [0.2, 0.25) is 0 Å². The number of hydrogen-bond donors (Lipinski definition) is 2. The van der Waals surface area contributed by atoms with Crippen LogP contribution in [0, 0.1) is 0 Å². The van der Waals surface area contributed by atoms with Gasteiger partial charge in [-0.1, -0.05) is 0 Å². The predicted molar refractivity (Wildman–Crippen MR) is 63.5 cm³/mol. The van der Waals surface area contributed by atoms with Crippen molar-refractivity contribution in [1.82, 2.24) is 15.3 Å². The molecule has 0 spiro atoms. The molecular weight excluding hydrogens is 200 g/mol. The zero-order valence-electron chi connectivity index (χ0n) is 9.45. The average molecular weight is 218 g/mol. The molecule has 1 saturated heterocycles. The fourth-order valence-electron chi connectivity index (χ4n) is 2.17. The summed E-state index contributed by atoms with van der Waals surface area (Å²) in [5.41, 5.74) is 0. The quantitative estimate of drug-likeness (QED) is 0.807. The molecule has 1 aromatic rings. The Morgan fingerprint density at radius 1 is 1.19 bits per heavy atom. The van der Waals surface area contributed by atoms with Gasteiger partial charge in [0, 0.05) is 18.2 Å². The number of anilines is 1. The second-order valence-corrected chi connectivity index (χ2v) is 4.74. The Hall–Kier alpha value is -1.16. The Balaban J connectivity index is 1.66. The van der Waals surface area contributed by atoms with Crippen LogP contribution in [0.1, 0.15) is 37.4 Å². The van der Waals surface area contributed by atoms with E-state index in [0.29, 0.717) is 12.0 Å². The van der Waals surface area contributed by atoms with Gasteiger partial charge in [0.05, 0.1) is 0 Å². The third-order valence-corrected chi connectivity index (χ3v) is 3.31. The molecule has 2 heterocycles. The maximum atomic E-state index is 4.59. The Morgan fingerprint density at radius 3 is 2.75 bits per heavy atom. The number of nitrogens with one attached hydrogen (secondary N) is 2. The average Bonchev–Trinajstić information content (AvgIpc) is 3.15. The molecule has 2 aliphatic rings. The lowest BCUT2D eigenvalue weighted by Crippen LogP contribution is -2.35. The number of aromatic nitrogens is 2. The van der Waals surface area contributed by atoms with Gasteiger partial charge in [-0.15, -0.1) is 0 Å². The molecule has 86 valence electrons. The maximum absolute atomic E-state index is 4.59. The molecule has 2 N–H and O–H groups in total. The van der Waals surface area contributed by atoms with E-state index in [-0.39, 0.29) is 0 Å². The van der Waals surface area contributed by atoms with E-state index in [2.05, 4.69) is 20.6 Å². The van der Waals surface area contributed by atoms with E-state index >= 15 is 0 Å². The first-order chi connectivity index (χ1) is 7.92. The van der Waals surface area contributed by atoms with Gasteiger partial charge in [-0.2, -0.15) is 0 Å². The highest BCUT2D eigenvalue weighted by atomic mass is 15.1. The number of rotatable bonds is 3. The molecule has 1 aliphatic carbocycles. The third-order valence-electron chi connectivity index (χ3n) is 3.31. The Morgan fingerprint density at radius 2 is 2.00 bits per heavy atom. The lowest BCUT2D eigenvalue weighted by molar-refractivity contribution is 0.478. The molecule has 0 aromatic carbocycles. The zero-order valence-corrected chi connectivity index (χ0v) is 9.45. The minimum absolute atomic E-state index is 0.572. The van der Waals surface area contributed by atoms with Gasteiger partial charge in [0.15, 0.2) is 0 Å². The van der Waals surface area contributed by atoms with E-state index in [0.717, 1.165) is 24.7 Å². The van der Waals surface area contributed by atoms with Crippen molar-refractivity contribution >= 4 is 5.82 Å². The monoisotopic (exact) mass is 218 g/mol. The molecule has 4 nitrogen and oxygen atoms in total. The van der Waals surface area contributed by atoms with Crippen molar-refractivity contribution in [2.75, 3.05) is 18.4 Å². The topological polar surface area (TPSA) is 49.8 Å². The molecule has 16 heavy (non-hydrogen) atoms. The molecular formula is C12H18N4. The zero-order chi connectivity index (χ0) is 10.8. The van der Waals surface area contributed by atoms with Crippen LogP contribution in [-0.2, 0) is 0 Å². The lowest BCUT2D eigenvalue weighted by atomic mass is 10.1. The maximum Gasteiger partial charge on any atom is 0.133 e. The fraction of sp³-hybridized carbons (Fsp3) is 0.667. The van der Waals surface area contributed by atoms with Gasteiger partial charge in [0.1, 0.15) is 11.6 Å². The Labute approximate surface area is 95.9 Å². The van der Waals surface area contributed by atoms with E-state index in [1.54, 1.807) is 0 Å². The van der Waals surface area contributed by atoms with Crippen molar-refractivity contribution in [1.29, 1.82) is 0 Å². The highest BCUT2D eigenvalue weighted by Crippen LogP contribution is 2.38. The minimum Gasteiger partial charge on any atom is -0.367 e. The molecule has 1 aromatic heterocycles. The van der Waals surface area contributed by atoms with E-state index in [1.807, 2.05) is 12.3 Å². The molecule has 0 unspecified atom stereocenters. The standard InChI is InChI=1S/C12H18N4/c1-2-9(1)12-14-8-5-11(16-12)15-10-3-6-13-7-4-10/h5,8-10,13H,1-4,6-7H2,(H,14,15,16). The van der Waals surface area contributed by atoms with Gasteiger partial charge in [-0.3, -0.25) is 0 Å². The molecule has 4 heteroatoms. The summed E-state index contributed by atoms with van der Waals surface area (Å²) in [6.07, 6.45) is 6.77. The van der Waals surface area contributed by atoms with Crippen molar-refractivity contribution in [3.05, 3.63) is 18.1 Å². The Bertz CT molecular complexity index is 356. The number of piperidine rings is 1. The van der Waals surface area contributed by atoms with Crippen LogP contribution in [0.25, 0.3) is 0 Å². The minimum atomic E-state index is 0.572. The highest BCUT2D eigenvalue weighted by molar-refractivity contribution is 5.35. The summed E-state index contributed by atoms with van der Waals surface area (Å²) in [5.74, 6) is 2.66. The lowest BCUT2D eigenvalue weighted by Gasteiger charge is -2.24. The van der Waals surface area contributed by atoms with Crippen molar-refractivity contribution < 1.29 is 0 Å². The molecule has 0 bridgehead atoms. The van der Waals surface area contributed by atoms with Crippen molar-refractivity contribution in [2.24, 2.45) is 0 Å². The van der Waals surface area contributed by atoms with E-state index in [4.69, 9.17) is 0 Å². The van der Waals surface area contributed by atoms with Gasteiger partial charge >= 0.3 is 0 Å². The molecule has 1 saturated carbocycles. The second kappa shape index (κ2) is 4.37. The summed E-state index contributed by atoms with van der Waals surface area (Å²) in [6, 6.07) is 2.55. The summed E-state index contributed by atoms with van der Waals surface area (Å²) in [5, 5.41) is 6.88. The first-order valence-electron chi connectivity index (χ1n) is 6.22. The van der Waals surface area contributed by atoms with E-state index in [9.17, 15) is 0 Å². The molecule has 0 amide bonds. The van der Waals surface area contributed by atoms with E-state index < -0.39 is 0 Å². The first kappa shape index (κ1) is 10.0. The summed E-state index contributed by atoms with van der Waals surface area (Å²) in [4.78, 5) is 8.92. The third kappa shape index (κ3) is 2.32. The second-order valence-electron chi connectivity index (χ2n) is 4.74. The first-order valence-corrected chi connectivity index (χ1v) is 6.22. The SMILES string of the molecule is c1cc(NC2CCNCC2)nc(C2CC2)n1.